The van der Waals surface area contributed by atoms with E-state index in [9.17, 15) is 5.11 Å². The summed E-state index contributed by atoms with van der Waals surface area (Å²) in [6.07, 6.45) is 3.41. The molecule has 0 spiro atoms. The summed E-state index contributed by atoms with van der Waals surface area (Å²) >= 11 is 0. The van der Waals surface area contributed by atoms with Crippen LogP contribution in [0.1, 0.15) is 32.1 Å². The molecule has 0 aliphatic heterocycles. The van der Waals surface area contributed by atoms with E-state index in [0.29, 0.717) is 12.2 Å². The van der Waals surface area contributed by atoms with E-state index in [1.54, 1.807) is 6.92 Å². The fourth-order valence-corrected chi connectivity index (χ4v) is 0.906. The van der Waals surface area contributed by atoms with Gasteiger partial charge in [-0.15, -0.1) is 0 Å². The number of aromatic nitrogens is 1. The van der Waals surface area contributed by atoms with Crippen molar-refractivity contribution in [3.8, 4) is 0 Å². The minimum Gasteiger partial charge on any atom is -0.447 e. The molecule has 3 N–H and O–H groups in total. The zero-order chi connectivity index (χ0) is 9.19. The van der Waals surface area contributed by atoms with Crippen molar-refractivity contribution in [2.45, 2.75) is 31.9 Å². The van der Waals surface area contributed by atoms with Gasteiger partial charge in [-0.3, -0.25) is 0 Å². The van der Waals surface area contributed by atoms with E-state index in [1.807, 2.05) is 6.92 Å². The Morgan fingerprint density at radius 1 is 1.83 bits per heavy atom. The molecule has 1 aromatic heterocycles. The molecule has 2 unspecified atom stereocenters. The number of hydrogen-bond donors (Lipinski definition) is 2. The molecule has 0 radical (unpaired) electrons. The average Bonchev–Trinajstić information content (AvgIpc) is 2.55. The van der Waals surface area contributed by atoms with E-state index >= 15 is 0 Å². The van der Waals surface area contributed by atoms with Crippen molar-refractivity contribution in [3.63, 3.8) is 0 Å². The maximum absolute atomic E-state index is 9.75. The Morgan fingerprint density at radius 3 is 2.92 bits per heavy atom. The monoisotopic (exact) mass is 170 g/mol. The lowest BCUT2D eigenvalue weighted by Gasteiger charge is -2.26. The Kier molecular flexibility index (Phi) is 2.49. The molecule has 1 rings (SSSR count). The molecule has 68 valence electrons. The molecule has 0 amide bonds. The third-order valence-electron chi connectivity index (χ3n) is 2.14. The lowest BCUT2D eigenvalue weighted by molar-refractivity contribution is 0.0217. The Labute approximate surface area is 71.4 Å². The van der Waals surface area contributed by atoms with Crippen molar-refractivity contribution in [3.05, 3.63) is 18.4 Å². The minimum atomic E-state index is -0.931. The van der Waals surface area contributed by atoms with Gasteiger partial charge in [0.25, 0.3) is 0 Å². The second-order valence-electron chi connectivity index (χ2n) is 3.09. The molecular weight excluding hydrogens is 156 g/mol. The van der Waals surface area contributed by atoms with Crippen molar-refractivity contribution in [1.82, 2.24) is 4.98 Å². The molecule has 4 heteroatoms. The fraction of sp³-hybridized carbons (Fsp3) is 0.625. The molecule has 2 atom stereocenters. The summed E-state index contributed by atoms with van der Waals surface area (Å²) in [5, 5.41) is 9.75. The van der Waals surface area contributed by atoms with Crippen LogP contribution in [0.2, 0.25) is 0 Å². The second kappa shape index (κ2) is 3.25. The van der Waals surface area contributed by atoms with Gasteiger partial charge in [0.05, 0.1) is 17.8 Å². The molecule has 0 aliphatic carbocycles. The smallest absolute Gasteiger partial charge is 0.180 e. The van der Waals surface area contributed by atoms with Gasteiger partial charge < -0.3 is 15.3 Å². The highest BCUT2D eigenvalue weighted by Gasteiger charge is 2.30. The number of nitrogens with zero attached hydrogens (tertiary/aromatic N) is 1. The third-order valence-corrected chi connectivity index (χ3v) is 2.14. The molecule has 0 saturated heterocycles. The van der Waals surface area contributed by atoms with Crippen molar-refractivity contribution in [2.75, 3.05) is 0 Å². The molecule has 0 bridgehead atoms. The Balaban J connectivity index is 2.78. The van der Waals surface area contributed by atoms with Gasteiger partial charge in [-0.2, -0.15) is 0 Å². The predicted molar refractivity (Wildman–Crippen MR) is 44.3 cm³/mol. The molecule has 12 heavy (non-hydrogen) atoms. The number of hydrogen-bond acceptors (Lipinski definition) is 4. The summed E-state index contributed by atoms with van der Waals surface area (Å²) in [5.41, 5.74) is 4.81. The first-order valence-electron chi connectivity index (χ1n) is 3.94. The zero-order valence-electron chi connectivity index (χ0n) is 7.32. The highest BCUT2D eigenvalue weighted by Crippen LogP contribution is 2.25. The van der Waals surface area contributed by atoms with Gasteiger partial charge in [-0.25, -0.2) is 4.98 Å². The van der Waals surface area contributed by atoms with Gasteiger partial charge in [0, 0.05) is 0 Å². The summed E-state index contributed by atoms with van der Waals surface area (Å²) in [7, 11) is 0. The van der Waals surface area contributed by atoms with Gasteiger partial charge >= 0.3 is 0 Å². The zero-order valence-corrected chi connectivity index (χ0v) is 7.32. The Morgan fingerprint density at radius 2 is 2.50 bits per heavy atom. The highest BCUT2D eigenvalue weighted by molar-refractivity contribution is 5.03. The van der Waals surface area contributed by atoms with Crippen molar-refractivity contribution in [2.24, 2.45) is 5.73 Å². The summed E-state index contributed by atoms with van der Waals surface area (Å²) < 4.78 is 4.99. The topological polar surface area (TPSA) is 72.3 Å². The third kappa shape index (κ3) is 1.65. The molecule has 1 aromatic rings. The normalized spacial score (nSPS) is 18.7. The van der Waals surface area contributed by atoms with Crippen LogP contribution in [0.15, 0.2) is 17.0 Å². The molecule has 1 heterocycles. The number of oxazole rings is 1. The summed E-state index contributed by atoms with van der Waals surface area (Å²) in [5.74, 6) is 0.516. The fourth-order valence-electron chi connectivity index (χ4n) is 0.906. The first-order chi connectivity index (χ1) is 5.58. The average molecular weight is 170 g/mol. The van der Waals surface area contributed by atoms with Crippen LogP contribution in [0.3, 0.4) is 0 Å². The standard InChI is InChI=1S/C8H14N2O2/c1-3-8(2,11)7(9)6-4-10-5-12-6/h4-5,7,11H,3,9H2,1-2H3. The first-order valence-corrected chi connectivity index (χ1v) is 3.94. The van der Waals surface area contributed by atoms with E-state index in [4.69, 9.17) is 10.2 Å². The highest BCUT2D eigenvalue weighted by atomic mass is 16.3. The van der Waals surface area contributed by atoms with Gasteiger partial charge in [0.15, 0.2) is 6.39 Å². The summed E-state index contributed by atoms with van der Waals surface area (Å²) in [4.78, 5) is 3.73. The van der Waals surface area contributed by atoms with Crippen LogP contribution in [-0.2, 0) is 0 Å². The van der Waals surface area contributed by atoms with Crippen LogP contribution in [0.5, 0.6) is 0 Å². The van der Waals surface area contributed by atoms with Crippen LogP contribution in [0.25, 0.3) is 0 Å². The van der Waals surface area contributed by atoms with Crippen LogP contribution < -0.4 is 5.73 Å². The largest absolute Gasteiger partial charge is 0.447 e. The molecule has 0 aliphatic rings. The molecule has 4 nitrogen and oxygen atoms in total. The lowest BCUT2D eigenvalue weighted by atomic mass is 9.93. The van der Waals surface area contributed by atoms with Crippen molar-refractivity contribution < 1.29 is 9.52 Å². The molecule has 0 saturated carbocycles. The van der Waals surface area contributed by atoms with E-state index in [0.717, 1.165) is 0 Å². The second-order valence-corrected chi connectivity index (χ2v) is 3.09. The van der Waals surface area contributed by atoms with Gasteiger partial charge in [0.2, 0.25) is 0 Å². The van der Waals surface area contributed by atoms with E-state index in [-0.39, 0.29) is 0 Å². The maximum atomic E-state index is 9.75. The van der Waals surface area contributed by atoms with E-state index in [1.165, 1.54) is 12.6 Å². The SMILES string of the molecule is CCC(C)(O)C(N)c1cnco1. The van der Waals surface area contributed by atoms with Crippen molar-refractivity contribution in [1.29, 1.82) is 0 Å². The van der Waals surface area contributed by atoms with Gasteiger partial charge in [-0.1, -0.05) is 6.92 Å². The van der Waals surface area contributed by atoms with Crippen LogP contribution >= 0.6 is 0 Å². The first kappa shape index (κ1) is 9.22. The van der Waals surface area contributed by atoms with E-state index in [2.05, 4.69) is 4.98 Å². The van der Waals surface area contributed by atoms with Gasteiger partial charge in [-0.05, 0) is 13.3 Å². The quantitative estimate of drug-likeness (QED) is 0.705. The minimum absolute atomic E-state index is 0.509. The number of aliphatic hydroxyl groups is 1. The maximum Gasteiger partial charge on any atom is 0.180 e. The summed E-state index contributed by atoms with van der Waals surface area (Å²) in [6.45, 7) is 3.55. The Bertz CT molecular complexity index is 231. The summed E-state index contributed by atoms with van der Waals surface area (Å²) in [6, 6.07) is -0.509. The molecular formula is C8H14N2O2. The van der Waals surface area contributed by atoms with Crippen LogP contribution in [0.4, 0.5) is 0 Å². The number of rotatable bonds is 3. The predicted octanol–water partition coefficient (Wildman–Crippen LogP) is 0.835. The molecule has 0 aromatic carbocycles. The Hall–Kier alpha value is -0.870. The van der Waals surface area contributed by atoms with Crippen LogP contribution in [-0.4, -0.2) is 15.7 Å². The number of nitrogens with two attached hydrogens (primary N) is 1. The van der Waals surface area contributed by atoms with Gasteiger partial charge in [0.1, 0.15) is 5.76 Å². The van der Waals surface area contributed by atoms with Crippen molar-refractivity contribution >= 4 is 0 Å². The lowest BCUT2D eigenvalue weighted by Crippen LogP contribution is -2.37. The molecule has 0 fully saturated rings. The van der Waals surface area contributed by atoms with E-state index < -0.39 is 11.6 Å². The van der Waals surface area contributed by atoms with Crippen LogP contribution in [0, 0.1) is 0 Å².